The zero-order valence-corrected chi connectivity index (χ0v) is 21.0. The molecule has 1 fully saturated rings. The molecule has 0 unspecified atom stereocenters. The van der Waals surface area contributed by atoms with Crippen LogP contribution < -0.4 is 0 Å². The largest absolute Gasteiger partial charge is 0.205 e. The van der Waals surface area contributed by atoms with Crippen molar-refractivity contribution in [2.45, 2.75) is 84.5 Å². The van der Waals surface area contributed by atoms with Crippen molar-refractivity contribution in [1.29, 1.82) is 0 Å². The summed E-state index contributed by atoms with van der Waals surface area (Å²) < 4.78 is 15.2. The van der Waals surface area contributed by atoms with Crippen LogP contribution in [-0.2, 0) is 12.8 Å². The number of fused-ring (bicyclic) bond motifs is 1. The minimum atomic E-state index is -0.203. The van der Waals surface area contributed by atoms with Gasteiger partial charge in [0, 0.05) is 10.9 Å². The molecule has 0 aliphatic heterocycles. The fraction of sp³-hybridized carbons (Fsp3) is 0.455. The van der Waals surface area contributed by atoms with Crippen molar-refractivity contribution >= 4 is 10.8 Å². The van der Waals surface area contributed by atoms with E-state index in [4.69, 9.17) is 0 Å². The van der Waals surface area contributed by atoms with Gasteiger partial charge in [-0.25, -0.2) is 4.39 Å². The Hall–Kier alpha value is -2.59. The second kappa shape index (κ2) is 12.2. The summed E-state index contributed by atoms with van der Waals surface area (Å²) in [4.78, 5) is 0. The van der Waals surface area contributed by atoms with Gasteiger partial charge >= 0.3 is 0 Å². The fourth-order valence-corrected chi connectivity index (χ4v) is 5.23. The predicted molar refractivity (Wildman–Crippen MR) is 144 cm³/mol. The molecule has 0 aromatic heterocycles. The normalized spacial score (nSPS) is 18.0. The number of hydrogen-bond donors (Lipinski definition) is 0. The zero-order chi connectivity index (χ0) is 23.8. The van der Waals surface area contributed by atoms with Gasteiger partial charge in [-0.2, -0.15) is 0 Å². The van der Waals surface area contributed by atoms with Gasteiger partial charge in [0.2, 0.25) is 0 Å². The van der Waals surface area contributed by atoms with Gasteiger partial charge in [-0.1, -0.05) is 107 Å². The molecule has 0 bridgehead atoms. The third-order valence-corrected chi connectivity index (χ3v) is 7.61. The Morgan fingerprint density at radius 2 is 1.56 bits per heavy atom. The van der Waals surface area contributed by atoms with Crippen molar-refractivity contribution in [3.05, 3.63) is 82.7 Å². The number of benzene rings is 3. The topological polar surface area (TPSA) is 0 Å². The van der Waals surface area contributed by atoms with Crippen molar-refractivity contribution in [3.63, 3.8) is 0 Å². The molecule has 3 aromatic carbocycles. The molecule has 1 saturated carbocycles. The van der Waals surface area contributed by atoms with Gasteiger partial charge < -0.3 is 0 Å². The van der Waals surface area contributed by atoms with Gasteiger partial charge in [0.15, 0.2) is 0 Å². The van der Waals surface area contributed by atoms with E-state index in [0.29, 0.717) is 10.9 Å². The molecule has 0 heterocycles. The first kappa shape index (κ1) is 24.5. The molecule has 0 saturated heterocycles. The molecule has 1 aliphatic rings. The van der Waals surface area contributed by atoms with E-state index in [1.807, 2.05) is 18.2 Å². The average molecular weight is 455 g/mol. The van der Waals surface area contributed by atoms with Crippen LogP contribution in [0.1, 0.15) is 93.9 Å². The summed E-state index contributed by atoms with van der Waals surface area (Å²) in [5.74, 6) is 7.77. The molecule has 0 N–H and O–H groups in total. The molecule has 0 atom stereocenters. The summed E-state index contributed by atoms with van der Waals surface area (Å²) in [6.45, 7) is 4.61. The molecule has 0 radical (unpaired) electrons. The van der Waals surface area contributed by atoms with Crippen molar-refractivity contribution in [1.82, 2.24) is 0 Å². The maximum absolute atomic E-state index is 15.2. The summed E-state index contributed by atoms with van der Waals surface area (Å²) in [7, 11) is 0. The molecule has 0 nitrogen and oxygen atoms in total. The molecule has 1 heteroatoms. The van der Waals surface area contributed by atoms with Crippen LogP contribution in [0.3, 0.4) is 0 Å². The van der Waals surface area contributed by atoms with E-state index in [1.165, 1.54) is 68.9 Å². The Bertz CT molecular complexity index is 1120. The first-order valence-corrected chi connectivity index (χ1v) is 13.4. The summed E-state index contributed by atoms with van der Waals surface area (Å²) >= 11 is 0. The Kier molecular flexibility index (Phi) is 8.81. The van der Waals surface area contributed by atoms with Gasteiger partial charge in [0.05, 0.1) is 5.56 Å². The van der Waals surface area contributed by atoms with E-state index in [1.54, 1.807) is 0 Å². The quantitative estimate of drug-likeness (QED) is 0.235. The second-order valence-electron chi connectivity index (χ2n) is 10.4. The predicted octanol–water partition coefficient (Wildman–Crippen LogP) is 9.26. The highest BCUT2D eigenvalue weighted by molar-refractivity contribution is 5.85. The lowest BCUT2D eigenvalue weighted by molar-refractivity contribution is 0.278. The molecule has 178 valence electrons. The number of rotatable bonds is 8. The van der Waals surface area contributed by atoms with Crippen molar-refractivity contribution in [2.24, 2.45) is 11.8 Å². The van der Waals surface area contributed by atoms with Gasteiger partial charge in [-0.05, 0) is 72.2 Å². The van der Waals surface area contributed by atoms with Crippen LogP contribution in [0.4, 0.5) is 4.39 Å². The average Bonchev–Trinajstić information content (AvgIpc) is 2.86. The Balaban J connectivity index is 1.39. The minimum Gasteiger partial charge on any atom is -0.205 e. The number of aryl methyl sites for hydroxylation is 2. The van der Waals surface area contributed by atoms with Crippen LogP contribution >= 0.6 is 0 Å². The van der Waals surface area contributed by atoms with Crippen molar-refractivity contribution < 1.29 is 4.39 Å². The van der Waals surface area contributed by atoms with Gasteiger partial charge in [-0.15, -0.1) is 0 Å². The molecule has 1 aliphatic carbocycles. The molecular weight excluding hydrogens is 415 g/mol. The van der Waals surface area contributed by atoms with Crippen LogP contribution in [0, 0.1) is 29.5 Å². The van der Waals surface area contributed by atoms with E-state index >= 15 is 4.39 Å². The van der Waals surface area contributed by atoms with Crippen LogP contribution in [0.5, 0.6) is 0 Å². The molecule has 4 rings (SSSR count). The van der Waals surface area contributed by atoms with Crippen LogP contribution in [0.15, 0.2) is 54.6 Å². The summed E-state index contributed by atoms with van der Waals surface area (Å²) in [6.07, 6.45) is 14.1. The third kappa shape index (κ3) is 6.73. The molecule has 3 aromatic rings. The minimum absolute atomic E-state index is 0.203. The highest BCUT2D eigenvalue weighted by Crippen LogP contribution is 2.31. The highest BCUT2D eigenvalue weighted by Gasteiger charge is 2.18. The van der Waals surface area contributed by atoms with E-state index in [-0.39, 0.29) is 5.82 Å². The van der Waals surface area contributed by atoms with E-state index in [9.17, 15) is 0 Å². The molecule has 34 heavy (non-hydrogen) atoms. The van der Waals surface area contributed by atoms with E-state index in [2.05, 4.69) is 62.1 Å². The van der Waals surface area contributed by atoms with E-state index < -0.39 is 0 Å². The standard InChI is InChI=1S/C33H39F/c1-3-4-5-6-7-26-12-14-28(15-13-26)18-20-30-21-22-31-24-29(19-23-32(31)33(30)34)17-16-27-10-8-25(2)9-11-27/h12-15,19,21-25,27H,3-11,16-17H2,1-2H3. The number of hydrogen-bond acceptors (Lipinski definition) is 0. The number of unbranched alkanes of at least 4 members (excludes halogenated alkanes) is 3. The van der Waals surface area contributed by atoms with Crippen molar-refractivity contribution in [3.8, 4) is 11.8 Å². The lowest BCUT2D eigenvalue weighted by Gasteiger charge is -2.26. The van der Waals surface area contributed by atoms with Crippen LogP contribution in [0.2, 0.25) is 0 Å². The summed E-state index contributed by atoms with van der Waals surface area (Å²) in [5, 5.41) is 1.65. The smallest absolute Gasteiger partial charge is 0.146 e. The SMILES string of the molecule is CCCCCCc1ccc(C#Cc2ccc3cc(CCC4CCC(C)CC4)ccc3c2F)cc1. The number of halogens is 1. The molecule has 0 amide bonds. The zero-order valence-electron chi connectivity index (χ0n) is 21.0. The summed E-state index contributed by atoms with van der Waals surface area (Å²) in [5.41, 5.74) is 4.08. The monoisotopic (exact) mass is 454 g/mol. The Morgan fingerprint density at radius 3 is 2.32 bits per heavy atom. The lowest BCUT2D eigenvalue weighted by Crippen LogP contribution is -2.12. The Labute approximate surface area is 206 Å². The maximum Gasteiger partial charge on any atom is 0.146 e. The molecular formula is C33H39F. The first-order chi connectivity index (χ1) is 16.6. The highest BCUT2D eigenvalue weighted by atomic mass is 19.1. The van der Waals surface area contributed by atoms with E-state index in [0.717, 1.165) is 35.6 Å². The van der Waals surface area contributed by atoms with Crippen LogP contribution in [0.25, 0.3) is 10.8 Å². The fourth-order valence-electron chi connectivity index (χ4n) is 5.23. The maximum atomic E-state index is 15.2. The first-order valence-electron chi connectivity index (χ1n) is 13.4. The Morgan fingerprint density at radius 1 is 0.794 bits per heavy atom. The van der Waals surface area contributed by atoms with Crippen LogP contribution in [-0.4, -0.2) is 0 Å². The van der Waals surface area contributed by atoms with Gasteiger partial charge in [-0.3, -0.25) is 0 Å². The van der Waals surface area contributed by atoms with Gasteiger partial charge in [0.25, 0.3) is 0 Å². The lowest BCUT2D eigenvalue weighted by atomic mass is 9.80. The van der Waals surface area contributed by atoms with Crippen molar-refractivity contribution in [2.75, 3.05) is 0 Å². The second-order valence-corrected chi connectivity index (χ2v) is 10.4. The molecule has 0 spiro atoms. The van der Waals surface area contributed by atoms with Gasteiger partial charge in [0.1, 0.15) is 5.82 Å². The summed E-state index contributed by atoms with van der Waals surface area (Å²) in [6, 6.07) is 18.5. The third-order valence-electron chi connectivity index (χ3n) is 7.61.